The van der Waals surface area contributed by atoms with Crippen LogP contribution in [0.15, 0.2) is 65.7 Å². The number of aromatic nitrogens is 2. The fraction of sp³-hybridized carbons (Fsp3) is 0.105. The van der Waals surface area contributed by atoms with Gasteiger partial charge in [0.25, 0.3) is 0 Å². The molecule has 8 nitrogen and oxygen atoms in total. The van der Waals surface area contributed by atoms with Crippen molar-refractivity contribution < 1.29 is 15.0 Å². The number of aliphatic hydroxyl groups is 1. The van der Waals surface area contributed by atoms with Gasteiger partial charge in [-0.3, -0.25) is 14.5 Å². The number of carbonyl (C=O) groups is 1. The van der Waals surface area contributed by atoms with Gasteiger partial charge in [0.05, 0.1) is 11.4 Å². The molecule has 3 rings (SSSR count). The second-order valence-corrected chi connectivity index (χ2v) is 6.01. The Bertz CT molecular complexity index is 1030. The Balaban J connectivity index is 1.86. The average molecular weight is 366 g/mol. The van der Waals surface area contributed by atoms with Crippen LogP contribution in [0.25, 0.3) is 11.4 Å². The van der Waals surface area contributed by atoms with E-state index < -0.39 is 12.1 Å². The van der Waals surface area contributed by atoms with E-state index in [9.17, 15) is 14.7 Å². The molecule has 3 aromatic rings. The molecule has 138 valence electrons. The molecule has 0 aliphatic carbocycles. The zero-order valence-corrected chi connectivity index (χ0v) is 14.2. The molecule has 1 heterocycles. The Labute approximate surface area is 154 Å². The summed E-state index contributed by atoms with van der Waals surface area (Å²) in [6, 6.07) is 13.5. The monoisotopic (exact) mass is 366 g/mol. The number of rotatable bonds is 6. The highest BCUT2D eigenvalue weighted by molar-refractivity contribution is 5.95. The number of benzene rings is 2. The van der Waals surface area contributed by atoms with E-state index in [-0.39, 0.29) is 17.9 Å². The van der Waals surface area contributed by atoms with Crippen LogP contribution in [0.1, 0.15) is 11.1 Å². The van der Waals surface area contributed by atoms with E-state index >= 15 is 0 Å². The Kier molecular flexibility index (Phi) is 4.91. The van der Waals surface area contributed by atoms with Crippen LogP contribution >= 0.6 is 0 Å². The minimum atomic E-state index is -1.46. The highest BCUT2D eigenvalue weighted by Gasteiger charge is 2.14. The topological polar surface area (TPSA) is 134 Å². The molecule has 1 unspecified atom stereocenters. The first-order valence-corrected chi connectivity index (χ1v) is 8.12. The van der Waals surface area contributed by atoms with Crippen molar-refractivity contribution in [2.24, 2.45) is 5.73 Å². The number of nitrogens with one attached hydrogen (secondary N) is 1. The first kappa shape index (κ1) is 18.2. The maximum Gasteiger partial charge on any atom is 0.337 e. The summed E-state index contributed by atoms with van der Waals surface area (Å²) in [4.78, 5) is 23.4. The first-order valence-electron chi connectivity index (χ1n) is 8.12. The summed E-state index contributed by atoms with van der Waals surface area (Å²) in [5.74, 6) is -1.32. The molecule has 8 heteroatoms. The molecule has 5 N–H and O–H groups in total. The fourth-order valence-corrected chi connectivity index (χ4v) is 2.67. The summed E-state index contributed by atoms with van der Waals surface area (Å²) in [5, 5.41) is 25.6. The fourth-order valence-electron chi connectivity index (χ4n) is 2.67. The second-order valence-electron chi connectivity index (χ2n) is 6.01. The molecule has 0 saturated heterocycles. The van der Waals surface area contributed by atoms with Gasteiger partial charge < -0.3 is 15.9 Å². The lowest BCUT2D eigenvalue weighted by molar-refractivity contribution is -0.146. The van der Waals surface area contributed by atoms with E-state index in [1.54, 1.807) is 60.9 Å². The van der Waals surface area contributed by atoms with Gasteiger partial charge in [-0.2, -0.15) is 0 Å². The van der Waals surface area contributed by atoms with E-state index in [0.29, 0.717) is 22.5 Å². The lowest BCUT2D eigenvalue weighted by Gasteiger charge is -2.07. The van der Waals surface area contributed by atoms with Gasteiger partial charge in [-0.25, -0.2) is 9.59 Å². The van der Waals surface area contributed by atoms with Crippen LogP contribution in [0.2, 0.25) is 0 Å². The van der Waals surface area contributed by atoms with E-state index in [4.69, 9.17) is 16.2 Å². The molecule has 27 heavy (non-hydrogen) atoms. The van der Waals surface area contributed by atoms with Crippen LogP contribution in [0.3, 0.4) is 0 Å². The summed E-state index contributed by atoms with van der Waals surface area (Å²) in [7, 11) is 0. The number of aliphatic carboxylic acids is 1. The van der Waals surface area contributed by atoms with Crippen molar-refractivity contribution >= 4 is 11.8 Å². The van der Waals surface area contributed by atoms with Crippen LogP contribution in [-0.2, 0) is 11.2 Å². The van der Waals surface area contributed by atoms with Crippen molar-refractivity contribution in [1.82, 2.24) is 9.13 Å². The van der Waals surface area contributed by atoms with Crippen molar-refractivity contribution in [2.75, 3.05) is 0 Å². The normalized spacial score (nSPS) is 11.9. The van der Waals surface area contributed by atoms with E-state index in [1.165, 1.54) is 9.13 Å². The molecule has 1 atom stereocenters. The second kappa shape index (κ2) is 7.30. The summed E-state index contributed by atoms with van der Waals surface area (Å²) >= 11 is 0. The van der Waals surface area contributed by atoms with Crippen molar-refractivity contribution in [1.29, 1.82) is 5.41 Å². The minimum absolute atomic E-state index is 0.00593. The largest absolute Gasteiger partial charge is 0.479 e. The number of nitrogens with two attached hydrogens (primary N) is 1. The number of imidazole rings is 1. The van der Waals surface area contributed by atoms with Crippen LogP contribution in [0.5, 0.6) is 0 Å². The Morgan fingerprint density at radius 3 is 1.93 bits per heavy atom. The van der Waals surface area contributed by atoms with Crippen LogP contribution < -0.4 is 11.4 Å². The van der Waals surface area contributed by atoms with E-state index in [1.807, 2.05) is 0 Å². The van der Waals surface area contributed by atoms with Gasteiger partial charge in [0, 0.05) is 24.4 Å². The predicted molar refractivity (Wildman–Crippen MR) is 99.7 cm³/mol. The SMILES string of the molecule is N=C(N)c1ccc(-n2ccn(-c3ccc(CC(O)C(=O)O)cc3)c2=O)cc1. The first-order chi connectivity index (χ1) is 12.9. The summed E-state index contributed by atoms with van der Waals surface area (Å²) in [5.41, 5.74) is 7.65. The molecule has 2 aromatic carbocycles. The lowest BCUT2D eigenvalue weighted by Crippen LogP contribution is -2.22. The van der Waals surface area contributed by atoms with Gasteiger partial charge >= 0.3 is 11.7 Å². The van der Waals surface area contributed by atoms with Gasteiger partial charge in [-0.05, 0) is 42.0 Å². The maximum atomic E-state index is 12.7. The third-order valence-electron chi connectivity index (χ3n) is 4.16. The molecule has 0 aliphatic rings. The van der Waals surface area contributed by atoms with Crippen LogP contribution in [-0.4, -0.2) is 37.3 Å². The Morgan fingerprint density at radius 2 is 1.48 bits per heavy atom. The number of amidine groups is 1. The Morgan fingerprint density at radius 1 is 1.00 bits per heavy atom. The highest BCUT2D eigenvalue weighted by atomic mass is 16.4. The quantitative estimate of drug-likeness (QED) is 0.380. The molecule has 0 amide bonds. The minimum Gasteiger partial charge on any atom is -0.479 e. The van der Waals surface area contributed by atoms with Gasteiger partial charge in [-0.15, -0.1) is 0 Å². The smallest absolute Gasteiger partial charge is 0.337 e. The number of aliphatic hydroxyl groups excluding tert-OH is 1. The molecule has 0 saturated carbocycles. The van der Waals surface area contributed by atoms with Gasteiger partial charge in [-0.1, -0.05) is 12.1 Å². The third-order valence-corrected chi connectivity index (χ3v) is 4.16. The van der Waals surface area contributed by atoms with Crippen molar-refractivity contribution in [2.45, 2.75) is 12.5 Å². The summed E-state index contributed by atoms with van der Waals surface area (Å²) in [6.45, 7) is 0. The van der Waals surface area contributed by atoms with Gasteiger partial charge in [0.1, 0.15) is 5.84 Å². The standard InChI is InChI=1S/C19H18N4O4/c20-17(21)13-3-7-15(8-4-13)23-10-9-22(19(23)27)14-5-1-12(2-6-14)11-16(24)18(25)26/h1-10,16,24H,11H2,(H3,20,21)(H,25,26). The van der Waals surface area contributed by atoms with Gasteiger partial charge in [0.15, 0.2) is 6.10 Å². The number of carboxylic acid groups (broad SMARTS) is 1. The van der Waals surface area contributed by atoms with Crippen molar-refractivity contribution in [3.05, 3.63) is 82.5 Å². The number of hydrogen-bond donors (Lipinski definition) is 4. The average Bonchev–Trinajstić information content (AvgIpc) is 3.03. The molecule has 0 spiro atoms. The van der Waals surface area contributed by atoms with Gasteiger partial charge in [0.2, 0.25) is 0 Å². The van der Waals surface area contributed by atoms with Crippen molar-refractivity contribution in [3.63, 3.8) is 0 Å². The molecule has 0 bridgehead atoms. The molecule has 0 radical (unpaired) electrons. The van der Waals surface area contributed by atoms with Crippen molar-refractivity contribution in [3.8, 4) is 11.4 Å². The number of hydrogen-bond acceptors (Lipinski definition) is 4. The number of nitrogen functional groups attached to an aromatic ring is 1. The van der Waals surface area contributed by atoms with Crippen LogP contribution in [0.4, 0.5) is 0 Å². The zero-order valence-electron chi connectivity index (χ0n) is 14.2. The molecule has 0 fully saturated rings. The third kappa shape index (κ3) is 3.80. The molecule has 0 aliphatic heterocycles. The highest BCUT2D eigenvalue weighted by Crippen LogP contribution is 2.12. The molecule has 1 aromatic heterocycles. The van der Waals surface area contributed by atoms with Crippen LogP contribution in [0, 0.1) is 5.41 Å². The maximum absolute atomic E-state index is 12.7. The Hall–Kier alpha value is -3.65. The number of nitrogens with zero attached hydrogens (tertiary/aromatic N) is 2. The zero-order chi connectivity index (χ0) is 19.6. The molecular formula is C19H18N4O4. The van der Waals surface area contributed by atoms with E-state index in [0.717, 1.165) is 0 Å². The lowest BCUT2D eigenvalue weighted by atomic mass is 10.1. The number of carboxylic acids is 1. The summed E-state index contributed by atoms with van der Waals surface area (Å²) < 4.78 is 2.92. The predicted octanol–water partition coefficient (Wildman–Crippen LogP) is 0.900. The van der Waals surface area contributed by atoms with E-state index in [2.05, 4.69) is 0 Å². The summed E-state index contributed by atoms with van der Waals surface area (Å²) in [6.07, 6.45) is 1.79. The molecular weight excluding hydrogens is 348 g/mol.